The van der Waals surface area contributed by atoms with Gasteiger partial charge in [0, 0.05) is 17.6 Å². The summed E-state index contributed by atoms with van der Waals surface area (Å²) in [6.07, 6.45) is -2.52. The summed E-state index contributed by atoms with van der Waals surface area (Å²) < 4.78 is 45.3. The number of carbonyl (C=O) groups excluding carboxylic acids is 1. The summed E-state index contributed by atoms with van der Waals surface area (Å²) in [5.74, 6) is -0.834. The van der Waals surface area contributed by atoms with E-state index < -0.39 is 23.1 Å². The number of fused-ring (bicyclic) bond motifs is 1. The minimum Gasteiger partial charge on any atom is -0.462 e. The number of carbonyl (C=O) groups is 1. The lowest BCUT2D eigenvalue weighted by Gasteiger charge is -2.19. The van der Waals surface area contributed by atoms with Crippen molar-refractivity contribution in [1.82, 2.24) is 4.57 Å². The van der Waals surface area contributed by atoms with Gasteiger partial charge in [-0.15, -0.1) is 0 Å². The van der Waals surface area contributed by atoms with Crippen molar-refractivity contribution >= 4 is 16.9 Å². The molecule has 2 aromatic rings. The van der Waals surface area contributed by atoms with Crippen LogP contribution in [0.25, 0.3) is 10.9 Å². The zero-order valence-electron chi connectivity index (χ0n) is 13.6. The highest BCUT2D eigenvalue weighted by Gasteiger charge is 2.31. The number of aromatic nitrogens is 1. The molecule has 0 aliphatic carbocycles. The number of esters is 1. The molecule has 0 bridgehead atoms. The third-order valence-corrected chi connectivity index (χ3v) is 3.92. The van der Waals surface area contributed by atoms with Gasteiger partial charge in [-0.05, 0) is 38.5 Å². The average Bonchev–Trinajstić information content (AvgIpc) is 2.53. The van der Waals surface area contributed by atoms with Crippen LogP contribution in [0.15, 0.2) is 29.2 Å². The Balaban J connectivity index is 2.83. The molecular formula is C17H18F3NO3. The van der Waals surface area contributed by atoms with E-state index in [-0.39, 0.29) is 23.6 Å². The highest BCUT2D eigenvalue weighted by Crippen LogP contribution is 2.31. The van der Waals surface area contributed by atoms with Crippen LogP contribution in [-0.2, 0) is 10.9 Å². The van der Waals surface area contributed by atoms with Crippen molar-refractivity contribution < 1.29 is 22.7 Å². The summed E-state index contributed by atoms with van der Waals surface area (Å²) in [4.78, 5) is 24.5. The SMILES string of the molecule is CCOC(=O)c1cn(C(C)CC)c2ccc(C(F)(F)F)cc2c1=O. The summed E-state index contributed by atoms with van der Waals surface area (Å²) in [5.41, 5.74) is -1.59. The van der Waals surface area contributed by atoms with Crippen molar-refractivity contribution in [1.29, 1.82) is 0 Å². The number of hydrogen-bond acceptors (Lipinski definition) is 3. The van der Waals surface area contributed by atoms with Crippen molar-refractivity contribution in [2.24, 2.45) is 0 Å². The van der Waals surface area contributed by atoms with Gasteiger partial charge < -0.3 is 9.30 Å². The molecule has 0 aliphatic heterocycles. The summed E-state index contributed by atoms with van der Waals surface area (Å²) in [6.45, 7) is 5.43. The smallest absolute Gasteiger partial charge is 0.416 e. The second kappa shape index (κ2) is 6.67. The van der Waals surface area contributed by atoms with Gasteiger partial charge in [0.1, 0.15) is 5.56 Å². The highest BCUT2D eigenvalue weighted by atomic mass is 19.4. The normalized spacial score (nSPS) is 13.1. The lowest BCUT2D eigenvalue weighted by atomic mass is 10.1. The van der Waals surface area contributed by atoms with Gasteiger partial charge in [-0.1, -0.05) is 6.92 Å². The molecule has 7 heteroatoms. The molecule has 1 heterocycles. The van der Waals surface area contributed by atoms with Crippen molar-refractivity contribution in [3.05, 3.63) is 45.7 Å². The van der Waals surface area contributed by atoms with Gasteiger partial charge in [0.15, 0.2) is 0 Å². The molecule has 1 atom stereocenters. The predicted molar refractivity (Wildman–Crippen MR) is 84.2 cm³/mol. The number of benzene rings is 1. The zero-order valence-corrected chi connectivity index (χ0v) is 13.6. The van der Waals surface area contributed by atoms with Crippen LogP contribution in [0.2, 0.25) is 0 Å². The minimum absolute atomic E-state index is 0.0717. The van der Waals surface area contributed by atoms with Crippen LogP contribution >= 0.6 is 0 Å². The van der Waals surface area contributed by atoms with E-state index in [9.17, 15) is 22.8 Å². The topological polar surface area (TPSA) is 48.3 Å². The van der Waals surface area contributed by atoms with Gasteiger partial charge in [0.05, 0.1) is 17.7 Å². The number of ether oxygens (including phenoxy) is 1. The van der Waals surface area contributed by atoms with Crippen LogP contribution in [-0.4, -0.2) is 17.1 Å². The van der Waals surface area contributed by atoms with E-state index in [1.54, 1.807) is 11.5 Å². The molecule has 1 aromatic carbocycles. The molecule has 1 unspecified atom stereocenters. The van der Waals surface area contributed by atoms with Crippen LogP contribution in [0.3, 0.4) is 0 Å². The molecule has 1 aromatic heterocycles. The van der Waals surface area contributed by atoms with E-state index >= 15 is 0 Å². The summed E-state index contributed by atoms with van der Waals surface area (Å²) in [7, 11) is 0. The first kappa shape index (κ1) is 18.0. The molecular weight excluding hydrogens is 323 g/mol. The molecule has 0 fully saturated rings. The molecule has 2 rings (SSSR count). The summed E-state index contributed by atoms with van der Waals surface area (Å²) in [6, 6.07) is 2.89. The lowest BCUT2D eigenvalue weighted by Crippen LogP contribution is -2.22. The van der Waals surface area contributed by atoms with E-state index in [0.29, 0.717) is 11.9 Å². The fourth-order valence-corrected chi connectivity index (χ4v) is 2.45. The molecule has 24 heavy (non-hydrogen) atoms. The standard InChI is InChI=1S/C17H18F3NO3/c1-4-10(3)21-9-13(16(23)24-5-2)15(22)12-8-11(17(18,19)20)6-7-14(12)21/h6-10H,4-5H2,1-3H3. The maximum Gasteiger partial charge on any atom is 0.416 e. The van der Waals surface area contributed by atoms with Gasteiger partial charge >= 0.3 is 12.1 Å². The molecule has 0 saturated heterocycles. The molecule has 0 radical (unpaired) electrons. The van der Waals surface area contributed by atoms with Crippen LogP contribution in [0.4, 0.5) is 13.2 Å². The Labute approximate surface area is 136 Å². The van der Waals surface area contributed by atoms with Gasteiger partial charge in [-0.3, -0.25) is 4.79 Å². The Kier molecular flexibility index (Phi) is 5.01. The predicted octanol–water partition coefficient (Wildman–Crippen LogP) is 4.17. The molecule has 0 spiro atoms. The van der Waals surface area contributed by atoms with Crippen molar-refractivity contribution in [2.75, 3.05) is 6.61 Å². The molecule has 0 N–H and O–H groups in total. The number of pyridine rings is 1. The maximum absolute atomic E-state index is 13.0. The number of halogens is 3. The first-order valence-corrected chi connectivity index (χ1v) is 7.63. The first-order valence-electron chi connectivity index (χ1n) is 7.63. The van der Waals surface area contributed by atoms with Gasteiger partial charge in [-0.25, -0.2) is 4.79 Å². The van der Waals surface area contributed by atoms with E-state index in [2.05, 4.69) is 0 Å². The van der Waals surface area contributed by atoms with Crippen molar-refractivity contribution in [3.8, 4) is 0 Å². The van der Waals surface area contributed by atoms with Gasteiger partial charge in [0.2, 0.25) is 5.43 Å². The van der Waals surface area contributed by atoms with Crippen LogP contribution in [0, 0.1) is 0 Å². The molecule has 130 valence electrons. The maximum atomic E-state index is 13.0. The van der Waals surface area contributed by atoms with Crippen LogP contribution in [0.5, 0.6) is 0 Å². The summed E-state index contributed by atoms with van der Waals surface area (Å²) in [5, 5.41) is -0.143. The fourth-order valence-electron chi connectivity index (χ4n) is 2.45. The number of hydrogen-bond donors (Lipinski definition) is 0. The fraction of sp³-hybridized carbons (Fsp3) is 0.412. The third kappa shape index (κ3) is 3.29. The van der Waals surface area contributed by atoms with Gasteiger partial charge in [0.25, 0.3) is 0 Å². The van der Waals surface area contributed by atoms with E-state index in [0.717, 1.165) is 12.1 Å². The van der Waals surface area contributed by atoms with E-state index in [1.807, 2.05) is 13.8 Å². The Morgan fingerprint density at radius 1 is 1.29 bits per heavy atom. The van der Waals surface area contributed by atoms with Gasteiger partial charge in [-0.2, -0.15) is 13.2 Å². The largest absolute Gasteiger partial charge is 0.462 e. The monoisotopic (exact) mass is 341 g/mol. The quantitative estimate of drug-likeness (QED) is 0.784. The molecule has 4 nitrogen and oxygen atoms in total. The van der Waals surface area contributed by atoms with E-state index in [4.69, 9.17) is 4.74 Å². The Morgan fingerprint density at radius 3 is 2.50 bits per heavy atom. The lowest BCUT2D eigenvalue weighted by molar-refractivity contribution is -0.137. The number of alkyl halides is 3. The van der Waals surface area contributed by atoms with Crippen molar-refractivity contribution in [2.45, 2.75) is 39.4 Å². The highest BCUT2D eigenvalue weighted by molar-refractivity contribution is 5.94. The zero-order chi connectivity index (χ0) is 18.1. The summed E-state index contributed by atoms with van der Waals surface area (Å²) >= 11 is 0. The third-order valence-electron chi connectivity index (χ3n) is 3.92. The molecule has 0 saturated carbocycles. The van der Waals surface area contributed by atoms with Crippen LogP contribution < -0.4 is 5.43 Å². The second-order valence-electron chi connectivity index (χ2n) is 5.49. The second-order valence-corrected chi connectivity index (χ2v) is 5.49. The molecule has 0 amide bonds. The van der Waals surface area contributed by atoms with Crippen LogP contribution in [0.1, 0.15) is 49.2 Å². The Hall–Kier alpha value is -2.31. The number of nitrogens with zero attached hydrogens (tertiary/aromatic N) is 1. The average molecular weight is 341 g/mol. The Morgan fingerprint density at radius 2 is 1.96 bits per heavy atom. The first-order chi connectivity index (χ1) is 11.2. The Bertz CT molecular complexity index is 824. The van der Waals surface area contributed by atoms with Crippen molar-refractivity contribution in [3.63, 3.8) is 0 Å². The minimum atomic E-state index is -4.57. The molecule has 0 aliphatic rings. The number of rotatable bonds is 4. The van der Waals surface area contributed by atoms with E-state index in [1.165, 1.54) is 12.3 Å².